The average molecular weight is 363 g/mol. The molecule has 0 spiro atoms. The number of carbonyl (C=O) groups excluding carboxylic acids is 1. The summed E-state index contributed by atoms with van der Waals surface area (Å²) in [6.07, 6.45) is 4.54. The number of nitrogens with two attached hydrogens (primary N) is 1. The van der Waals surface area contributed by atoms with Gasteiger partial charge in [-0.3, -0.25) is 4.79 Å². The van der Waals surface area contributed by atoms with Gasteiger partial charge in [0.2, 0.25) is 0 Å². The van der Waals surface area contributed by atoms with E-state index in [1.165, 1.54) is 12.8 Å². The molecule has 1 aliphatic heterocycles. The van der Waals surface area contributed by atoms with Crippen molar-refractivity contribution in [1.29, 1.82) is 0 Å². The topological polar surface area (TPSA) is 70.4 Å². The van der Waals surface area contributed by atoms with Crippen molar-refractivity contribution in [1.82, 2.24) is 5.32 Å². The largest absolute Gasteiger partial charge is 0.397 e. The summed E-state index contributed by atoms with van der Waals surface area (Å²) in [5.41, 5.74) is 9.38. The second-order valence-electron chi connectivity index (χ2n) is 7.24. The Hall–Kier alpha value is -1.56. The highest BCUT2D eigenvalue weighted by atomic mass is 32.2. The van der Waals surface area contributed by atoms with Crippen LogP contribution in [0.2, 0.25) is 0 Å². The summed E-state index contributed by atoms with van der Waals surface area (Å²) in [6, 6.07) is 4.16. The molecular formula is C19H30N4OS. The van der Waals surface area contributed by atoms with Gasteiger partial charge in [0.1, 0.15) is 0 Å². The Kier molecular flexibility index (Phi) is 5.99. The van der Waals surface area contributed by atoms with Crippen molar-refractivity contribution in [3.05, 3.63) is 17.7 Å². The normalized spacial score (nSPS) is 24.0. The van der Waals surface area contributed by atoms with Crippen LogP contribution in [-0.4, -0.2) is 43.6 Å². The lowest BCUT2D eigenvalue weighted by molar-refractivity contribution is 0.0923. The Balaban J connectivity index is 1.82. The third kappa shape index (κ3) is 4.35. The fraction of sp³-hybridized carbons (Fsp3) is 0.632. The molecule has 5 nitrogen and oxygen atoms in total. The van der Waals surface area contributed by atoms with Crippen molar-refractivity contribution in [3.8, 4) is 0 Å². The number of nitrogens with zero attached hydrogens (tertiary/aromatic N) is 1. The van der Waals surface area contributed by atoms with Gasteiger partial charge < -0.3 is 21.3 Å². The van der Waals surface area contributed by atoms with Crippen LogP contribution in [0.1, 0.15) is 43.0 Å². The number of hydrogen-bond acceptors (Lipinski definition) is 5. The van der Waals surface area contributed by atoms with Crippen molar-refractivity contribution < 1.29 is 4.79 Å². The van der Waals surface area contributed by atoms with Crippen LogP contribution in [0.25, 0.3) is 0 Å². The molecule has 0 bridgehead atoms. The van der Waals surface area contributed by atoms with Crippen LogP contribution in [0.4, 0.5) is 17.1 Å². The number of amides is 1. The molecule has 2 fully saturated rings. The molecule has 1 heterocycles. The summed E-state index contributed by atoms with van der Waals surface area (Å²) >= 11 is 1.97. The van der Waals surface area contributed by atoms with E-state index in [1.54, 1.807) is 0 Å². The Morgan fingerprint density at radius 1 is 1.20 bits per heavy atom. The predicted octanol–water partition coefficient (Wildman–Crippen LogP) is 3.17. The first kappa shape index (κ1) is 18.2. The van der Waals surface area contributed by atoms with Crippen LogP contribution in [0.15, 0.2) is 12.1 Å². The van der Waals surface area contributed by atoms with Crippen molar-refractivity contribution in [2.75, 3.05) is 47.6 Å². The number of thioether (sulfide) groups is 1. The first-order valence-electron chi connectivity index (χ1n) is 9.33. The summed E-state index contributed by atoms with van der Waals surface area (Å²) < 4.78 is 0. The van der Waals surface area contributed by atoms with Gasteiger partial charge in [-0.25, -0.2) is 0 Å². The van der Waals surface area contributed by atoms with Gasteiger partial charge in [-0.2, -0.15) is 11.8 Å². The second kappa shape index (κ2) is 8.21. The third-order valence-corrected chi connectivity index (χ3v) is 6.33. The second-order valence-corrected chi connectivity index (χ2v) is 8.46. The molecule has 138 valence electrons. The molecule has 25 heavy (non-hydrogen) atoms. The average Bonchev–Trinajstić information content (AvgIpc) is 2.64. The molecule has 2 aliphatic rings. The molecule has 1 aliphatic carbocycles. The fourth-order valence-corrected chi connectivity index (χ4v) is 4.64. The highest BCUT2D eigenvalue weighted by Gasteiger charge is 2.24. The summed E-state index contributed by atoms with van der Waals surface area (Å²) in [7, 11) is 1.87. The van der Waals surface area contributed by atoms with Gasteiger partial charge in [0.15, 0.2) is 0 Å². The molecule has 0 atom stereocenters. The Bertz CT molecular complexity index is 608. The number of carbonyl (C=O) groups is 1. The van der Waals surface area contributed by atoms with E-state index in [1.807, 2.05) is 30.9 Å². The molecule has 1 amide bonds. The van der Waals surface area contributed by atoms with Gasteiger partial charge in [0.05, 0.1) is 22.6 Å². The first-order valence-corrected chi connectivity index (χ1v) is 10.5. The van der Waals surface area contributed by atoms with E-state index in [4.69, 9.17) is 5.73 Å². The molecule has 0 radical (unpaired) electrons. The van der Waals surface area contributed by atoms with Gasteiger partial charge >= 0.3 is 0 Å². The fourth-order valence-electron chi connectivity index (χ4n) is 3.74. The quantitative estimate of drug-likeness (QED) is 0.718. The minimum atomic E-state index is 0.0159. The highest BCUT2D eigenvalue weighted by molar-refractivity contribution is 7.99. The summed E-state index contributed by atoms with van der Waals surface area (Å²) in [4.78, 5) is 15.3. The summed E-state index contributed by atoms with van der Waals surface area (Å²) in [5.74, 6) is 2.99. The molecule has 0 unspecified atom stereocenters. The smallest absolute Gasteiger partial charge is 0.253 e. The zero-order valence-corrected chi connectivity index (χ0v) is 16.1. The van der Waals surface area contributed by atoms with Crippen molar-refractivity contribution >= 4 is 34.7 Å². The van der Waals surface area contributed by atoms with Crippen LogP contribution < -0.4 is 21.3 Å². The molecule has 3 rings (SSSR count). The van der Waals surface area contributed by atoms with Gasteiger partial charge in [-0.15, -0.1) is 0 Å². The Labute approximate surface area is 155 Å². The highest BCUT2D eigenvalue weighted by Crippen LogP contribution is 2.32. The maximum atomic E-state index is 13.0. The summed E-state index contributed by atoms with van der Waals surface area (Å²) in [6.45, 7) is 4.24. The lowest BCUT2D eigenvalue weighted by Gasteiger charge is -2.32. The minimum absolute atomic E-state index is 0.0159. The third-order valence-electron chi connectivity index (χ3n) is 5.38. The lowest BCUT2D eigenvalue weighted by atomic mass is 9.87. The maximum Gasteiger partial charge on any atom is 0.253 e. The van der Waals surface area contributed by atoms with Crippen LogP contribution in [0.3, 0.4) is 0 Å². The van der Waals surface area contributed by atoms with Gasteiger partial charge in [0.25, 0.3) is 5.91 Å². The van der Waals surface area contributed by atoms with Crippen molar-refractivity contribution in [2.45, 2.75) is 38.6 Å². The molecular weight excluding hydrogens is 332 g/mol. The zero-order chi connectivity index (χ0) is 17.8. The molecule has 1 aromatic rings. The predicted molar refractivity (Wildman–Crippen MR) is 109 cm³/mol. The monoisotopic (exact) mass is 362 g/mol. The number of nitrogens with one attached hydrogen (secondary N) is 2. The standard InChI is InChI=1S/C19H30N4OS/c1-13-3-5-14(6-4-13)22-19(24)15-11-16(20)17(21-2)12-18(15)23-7-9-25-10-8-23/h11-14,21H,3-10,20H2,1-2H3,(H,22,24). The molecule has 1 aromatic carbocycles. The van der Waals surface area contributed by atoms with Crippen molar-refractivity contribution in [3.63, 3.8) is 0 Å². The number of anilines is 3. The van der Waals surface area contributed by atoms with Crippen LogP contribution in [-0.2, 0) is 0 Å². The van der Waals surface area contributed by atoms with E-state index >= 15 is 0 Å². The molecule has 1 saturated carbocycles. The molecule has 4 N–H and O–H groups in total. The summed E-state index contributed by atoms with van der Waals surface area (Å²) in [5, 5.41) is 6.39. The van der Waals surface area contributed by atoms with Crippen LogP contribution >= 0.6 is 11.8 Å². The van der Waals surface area contributed by atoms with E-state index in [2.05, 4.69) is 22.5 Å². The number of nitrogen functional groups attached to an aromatic ring is 1. The molecule has 6 heteroatoms. The first-order chi connectivity index (χ1) is 12.1. The van der Waals surface area contributed by atoms with Crippen molar-refractivity contribution in [2.24, 2.45) is 5.92 Å². The van der Waals surface area contributed by atoms with Crippen LogP contribution in [0, 0.1) is 5.92 Å². The van der Waals surface area contributed by atoms with E-state index in [0.717, 1.165) is 54.7 Å². The number of rotatable bonds is 4. The molecule has 1 saturated heterocycles. The Morgan fingerprint density at radius 3 is 2.52 bits per heavy atom. The minimum Gasteiger partial charge on any atom is -0.397 e. The van der Waals surface area contributed by atoms with Gasteiger partial charge in [-0.1, -0.05) is 6.92 Å². The lowest BCUT2D eigenvalue weighted by Crippen LogP contribution is -2.39. The van der Waals surface area contributed by atoms with Gasteiger partial charge in [-0.05, 0) is 43.7 Å². The number of hydrogen-bond donors (Lipinski definition) is 3. The number of benzene rings is 1. The zero-order valence-electron chi connectivity index (χ0n) is 15.3. The Morgan fingerprint density at radius 2 is 1.88 bits per heavy atom. The maximum absolute atomic E-state index is 13.0. The van der Waals surface area contributed by atoms with E-state index < -0.39 is 0 Å². The van der Waals surface area contributed by atoms with E-state index in [-0.39, 0.29) is 5.91 Å². The molecule has 0 aromatic heterocycles. The van der Waals surface area contributed by atoms with Crippen LogP contribution in [0.5, 0.6) is 0 Å². The van der Waals surface area contributed by atoms with Gasteiger partial charge in [0, 0.05) is 37.7 Å². The van der Waals surface area contributed by atoms with E-state index in [0.29, 0.717) is 17.3 Å². The SMILES string of the molecule is CNc1cc(N2CCSCC2)c(C(=O)NC2CCC(C)CC2)cc1N. The van der Waals surface area contributed by atoms with E-state index in [9.17, 15) is 4.79 Å².